The SMILES string of the molecule is C[C@H](NC(=O)[C@H]1C[C@@H]1c1cccc(Br)c1)c1nncn1C. The Labute approximate surface area is 131 Å². The van der Waals surface area contributed by atoms with E-state index in [2.05, 4.69) is 43.6 Å². The Morgan fingerprint density at radius 3 is 3.00 bits per heavy atom. The van der Waals surface area contributed by atoms with Gasteiger partial charge < -0.3 is 9.88 Å². The number of aromatic nitrogens is 3. The summed E-state index contributed by atoms with van der Waals surface area (Å²) in [6, 6.07) is 8.04. The Morgan fingerprint density at radius 1 is 1.52 bits per heavy atom. The maximum atomic E-state index is 12.3. The molecule has 1 saturated carbocycles. The highest BCUT2D eigenvalue weighted by atomic mass is 79.9. The lowest BCUT2D eigenvalue weighted by Gasteiger charge is -2.13. The number of halogens is 1. The molecule has 6 heteroatoms. The molecule has 1 aromatic heterocycles. The first-order valence-corrected chi connectivity index (χ1v) is 7.75. The van der Waals surface area contributed by atoms with Crippen molar-refractivity contribution < 1.29 is 4.79 Å². The quantitative estimate of drug-likeness (QED) is 0.923. The fraction of sp³-hybridized carbons (Fsp3) is 0.400. The van der Waals surface area contributed by atoms with Crippen molar-refractivity contribution in [3.63, 3.8) is 0 Å². The van der Waals surface area contributed by atoms with Crippen LogP contribution in [0, 0.1) is 5.92 Å². The molecule has 1 fully saturated rings. The highest BCUT2D eigenvalue weighted by molar-refractivity contribution is 9.10. The summed E-state index contributed by atoms with van der Waals surface area (Å²) >= 11 is 3.47. The third-order valence-corrected chi connectivity index (χ3v) is 4.39. The molecule has 21 heavy (non-hydrogen) atoms. The van der Waals surface area contributed by atoms with Crippen LogP contribution in [0.1, 0.15) is 36.7 Å². The number of aryl methyl sites for hydroxylation is 1. The summed E-state index contributed by atoms with van der Waals surface area (Å²) in [5.41, 5.74) is 1.22. The van der Waals surface area contributed by atoms with Crippen LogP contribution in [0.3, 0.4) is 0 Å². The third-order valence-electron chi connectivity index (χ3n) is 3.90. The first kappa shape index (κ1) is 14.3. The molecular weight excluding hydrogens is 332 g/mol. The largest absolute Gasteiger partial charge is 0.346 e. The van der Waals surface area contributed by atoms with Gasteiger partial charge in [-0.25, -0.2) is 0 Å². The van der Waals surface area contributed by atoms with Crippen molar-refractivity contribution in [2.75, 3.05) is 0 Å². The minimum Gasteiger partial charge on any atom is -0.346 e. The maximum Gasteiger partial charge on any atom is 0.224 e. The lowest BCUT2D eigenvalue weighted by Crippen LogP contribution is -2.30. The van der Waals surface area contributed by atoms with Crippen molar-refractivity contribution in [3.05, 3.63) is 46.5 Å². The number of carbonyl (C=O) groups excluding carboxylic acids is 1. The average molecular weight is 349 g/mol. The standard InChI is InChI=1S/C15H17BrN4O/c1-9(14-19-17-8-20(14)2)18-15(21)13-7-12(13)10-4-3-5-11(16)6-10/h3-6,8-9,12-13H,7H2,1-2H3,(H,18,21)/t9-,12+,13-/m0/s1. The molecule has 1 amide bonds. The minimum atomic E-state index is -0.131. The number of benzene rings is 1. The predicted molar refractivity (Wildman–Crippen MR) is 82.6 cm³/mol. The van der Waals surface area contributed by atoms with Crippen LogP contribution in [0.25, 0.3) is 0 Å². The second-order valence-electron chi connectivity index (χ2n) is 5.53. The molecule has 1 aliphatic carbocycles. The molecule has 0 aliphatic heterocycles. The number of rotatable bonds is 4. The van der Waals surface area contributed by atoms with Crippen LogP contribution in [0.2, 0.25) is 0 Å². The van der Waals surface area contributed by atoms with Crippen LogP contribution >= 0.6 is 15.9 Å². The minimum absolute atomic E-state index is 0.0648. The first-order chi connectivity index (χ1) is 10.1. The molecule has 0 spiro atoms. The fourth-order valence-electron chi connectivity index (χ4n) is 2.66. The predicted octanol–water partition coefficient (Wildman–Crippen LogP) is 2.56. The summed E-state index contributed by atoms with van der Waals surface area (Å²) in [4.78, 5) is 12.3. The van der Waals surface area contributed by atoms with Crippen molar-refractivity contribution >= 4 is 21.8 Å². The van der Waals surface area contributed by atoms with Gasteiger partial charge in [0, 0.05) is 17.4 Å². The van der Waals surface area contributed by atoms with Gasteiger partial charge in [0.05, 0.1) is 6.04 Å². The second-order valence-corrected chi connectivity index (χ2v) is 6.45. The van der Waals surface area contributed by atoms with Gasteiger partial charge in [-0.2, -0.15) is 0 Å². The Kier molecular flexibility index (Phi) is 3.80. The Bertz CT molecular complexity index is 669. The molecule has 3 rings (SSSR count). The zero-order valence-corrected chi connectivity index (χ0v) is 13.5. The molecule has 2 aromatic rings. The Balaban J connectivity index is 1.62. The van der Waals surface area contributed by atoms with Gasteiger partial charge in [-0.1, -0.05) is 28.1 Å². The van der Waals surface area contributed by atoms with Crippen molar-refractivity contribution in [2.24, 2.45) is 13.0 Å². The number of hydrogen-bond acceptors (Lipinski definition) is 3. The Morgan fingerprint density at radius 2 is 2.33 bits per heavy atom. The van der Waals surface area contributed by atoms with Gasteiger partial charge >= 0.3 is 0 Å². The van der Waals surface area contributed by atoms with E-state index in [0.717, 1.165) is 16.7 Å². The topological polar surface area (TPSA) is 59.8 Å². The summed E-state index contributed by atoms with van der Waals surface area (Å²) in [6.07, 6.45) is 2.55. The summed E-state index contributed by atoms with van der Waals surface area (Å²) in [5.74, 6) is 1.25. The molecule has 110 valence electrons. The smallest absolute Gasteiger partial charge is 0.224 e. The van der Waals surface area contributed by atoms with Gasteiger partial charge in [-0.15, -0.1) is 10.2 Å². The monoisotopic (exact) mass is 348 g/mol. The molecule has 3 atom stereocenters. The summed E-state index contributed by atoms with van der Waals surface area (Å²) < 4.78 is 2.88. The zero-order chi connectivity index (χ0) is 15.0. The number of hydrogen-bond donors (Lipinski definition) is 1. The van der Waals surface area contributed by atoms with Gasteiger partial charge in [0.2, 0.25) is 5.91 Å². The van der Waals surface area contributed by atoms with E-state index >= 15 is 0 Å². The molecule has 0 bridgehead atoms. The van der Waals surface area contributed by atoms with E-state index in [4.69, 9.17) is 0 Å². The first-order valence-electron chi connectivity index (χ1n) is 6.96. The van der Waals surface area contributed by atoms with E-state index < -0.39 is 0 Å². The number of nitrogens with zero attached hydrogens (tertiary/aromatic N) is 3. The zero-order valence-electron chi connectivity index (χ0n) is 12.0. The second kappa shape index (κ2) is 5.60. The number of carbonyl (C=O) groups is 1. The van der Waals surface area contributed by atoms with Crippen LogP contribution in [-0.4, -0.2) is 20.7 Å². The number of nitrogens with one attached hydrogen (secondary N) is 1. The average Bonchev–Trinajstić information content (AvgIpc) is 3.14. The summed E-state index contributed by atoms with van der Waals surface area (Å²) in [7, 11) is 1.87. The highest BCUT2D eigenvalue weighted by Crippen LogP contribution is 2.48. The molecule has 0 saturated heterocycles. The van der Waals surface area contributed by atoms with Gasteiger partial charge in [0.15, 0.2) is 5.82 Å². The van der Waals surface area contributed by atoms with Crippen LogP contribution in [0.15, 0.2) is 35.1 Å². The van der Waals surface area contributed by atoms with Gasteiger partial charge in [0.1, 0.15) is 6.33 Å². The van der Waals surface area contributed by atoms with Crippen LogP contribution in [0.5, 0.6) is 0 Å². The molecule has 1 aliphatic rings. The molecule has 1 heterocycles. The van der Waals surface area contributed by atoms with Crippen molar-refractivity contribution in [1.82, 2.24) is 20.1 Å². The van der Waals surface area contributed by atoms with E-state index in [-0.39, 0.29) is 17.9 Å². The molecule has 0 radical (unpaired) electrons. The maximum absolute atomic E-state index is 12.3. The van der Waals surface area contributed by atoms with Gasteiger partial charge in [-0.05, 0) is 37.0 Å². The van der Waals surface area contributed by atoms with E-state index in [9.17, 15) is 4.79 Å². The molecular formula is C15H17BrN4O. The van der Waals surface area contributed by atoms with Crippen molar-refractivity contribution in [2.45, 2.75) is 25.3 Å². The molecule has 1 N–H and O–H groups in total. The Hall–Kier alpha value is -1.69. The molecule has 5 nitrogen and oxygen atoms in total. The van der Waals surface area contributed by atoms with E-state index in [1.165, 1.54) is 5.56 Å². The molecule has 1 aromatic carbocycles. The number of amides is 1. The van der Waals surface area contributed by atoms with Crippen molar-refractivity contribution in [3.8, 4) is 0 Å². The highest BCUT2D eigenvalue weighted by Gasteiger charge is 2.44. The summed E-state index contributed by atoms with van der Waals surface area (Å²) in [5, 5.41) is 10.9. The summed E-state index contributed by atoms with van der Waals surface area (Å²) in [6.45, 7) is 1.93. The molecule has 0 unspecified atom stereocenters. The van der Waals surface area contributed by atoms with Crippen LogP contribution in [0.4, 0.5) is 0 Å². The fourth-order valence-corrected chi connectivity index (χ4v) is 3.08. The van der Waals surface area contributed by atoms with E-state index in [1.807, 2.05) is 30.7 Å². The van der Waals surface area contributed by atoms with Crippen LogP contribution < -0.4 is 5.32 Å². The van der Waals surface area contributed by atoms with E-state index in [0.29, 0.717) is 5.92 Å². The normalized spacial score (nSPS) is 21.9. The van der Waals surface area contributed by atoms with Crippen molar-refractivity contribution in [1.29, 1.82) is 0 Å². The lowest BCUT2D eigenvalue weighted by atomic mass is 10.1. The van der Waals surface area contributed by atoms with Gasteiger partial charge in [-0.3, -0.25) is 4.79 Å². The van der Waals surface area contributed by atoms with E-state index in [1.54, 1.807) is 6.33 Å². The van der Waals surface area contributed by atoms with Gasteiger partial charge in [0.25, 0.3) is 0 Å². The third kappa shape index (κ3) is 3.00. The lowest BCUT2D eigenvalue weighted by molar-refractivity contribution is -0.123. The van der Waals surface area contributed by atoms with Crippen LogP contribution in [-0.2, 0) is 11.8 Å².